The number of rotatable bonds is 2. The Morgan fingerprint density at radius 3 is 2.60 bits per heavy atom. The highest BCUT2D eigenvalue weighted by molar-refractivity contribution is 5.34. The maximum Gasteiger partial charge on any atom is 0.120 e. The third-order valence-electron chi connectivity index (χ3n) is 3.19. The van der Waals surface area contributed by atoms with Crippen molar-refractivity contribution in [2.45, 2.75) is 18.9 Å². The van der Waals surface area contributed by atoms with Crippen molar-refractivity contribution in [3.63, 3.8) is 0 Å². The summed E-state index contributed by atoms with van der Waals surface area (Å²) in [4.78, 5) is 0. The number of para-hydroxylation sites is 1. The molecule has 0 unspecified atom stereocenters. The standard InChI is InChI=1S/C12H18N2O/c13-12(9-5-7-14-8-6-9)10-3-1-2-4-11(10)15/h1-4,9,12,14-15H,5-8,13H2/t12-/m1/s1. The van der Waals surface area contributed by atoms with E-state index in [4.69, 9.17) is 5.73 Å². The van der Waals surface area contributed by atoms with Gasteiger partial charge < -0.3 is 16.2 Å². The highest BCUT2D eigenvalue weighted by atomic mass is 16.3. The normalized spacial score (nSPS) is 20.1. The zero-order valence-corrected chi connectivity index (χ0v) is 8.82. The van der Waals surface area contributed by atoms with E-state index in [2.05, 4.69) is 5.32 Å². The molecule has 3 heteroatoms. The number of phenolic OH excluding ortho intramolecular Hbond substituents is 1. The van der Waals surface area contributed by atoms with Gasteiger partial charge in [-0.25, -0.2) is 0 Å². The van der Waals surface area contributed by atoms with Crippen LogP contribution >= 0.6 is 0 Å². The summed E-state index contributed by atoms with van der Waals surface area (Å²) >= 11 is 0. The molecule has 0 spiro atoms. The summed E-state index contributed by atoms with van der Waals surface area (Å²) in [6, 6.07) is 7.34. The molecule has 1 aliphatic heterocycles. The molecule has 0 saturated carbocycles. The molecule has 2 rings (SSSR count). The monoisotopic (exact) mass is 206 g/mol. The van der Waals surface area contributed by atoms with Gasteiger partial charge in [0.15, 0.2) is 0 Å². The molecule has 1 aromatic carbocycles. The lowest BCUT2D eigenvalue weighted by Crippen LogP contribution is -2.33. The smallest absolute Gasteiger partial charge is 0.120 e. The first kappa shape index (κ1) is 10.5. The molecule has 0 bridgehead atoms. The van der Waals surface area contributed by atoms with E-state index in [1.54, 1.807) is 6.07 Å². The Labute approximate surface area is 90.3 Å². The molecule has 1 saturated heterocycles. The molecule has 1 heterocycles. The summed E-state index contributed by atoms with van der Waals surface area (Å²) in [6.45, 7) is 2.07. The lowest BCUT2D eigenvalue weighted by Gasteiger charge is -2.28. The van der Waals surface area contributed by atoms with Gasteiger partial charge in [0.25, 0.3) is 0 Å². The van der Waals surface area contributed by atoms with Crippen LogP contribution in [0.2, 0.25) is 0 Å². The van der Waals surface area contributed by atoms with Gasteiger partial charge in [-0.2, -0.15) is 0 Å². The first-order chi connectivity index (χ1) is 7.29. The van der Waals surface area contributed by atoms with Crippen molar-refractivity contribution >= 4 is 0 Å². The molecule has 82 valence electrons. The van der Waals surface area contributed by atoms with Crippen LogP contribution in [0.4, 0.5) is 0 Å². The van der Waals surface area contributed by atoms with E-state index in [-0.39, 0.29) is 6.04 Å². The van der Waals surface area contributed by atoms with E-state index < -0.39 is 0 Å². The van der Waals surface area contributed by atoms with E-state index in [0.29, 0.717) is 11.7 Å². The summed E-state index contributed by atoms with van der Waals surface area (Å²) in [7, 11) is 0. The van der Waals surface area contributed by atoms with E-state index >= 15 is 0 Å². The highest BCUT2D eigenvalue weighted by Gasteiger charge is 2.23. The molecule has 0 aliphatic carbocycles. The Morgan fingerprint density at radius 2 is 1.93 bits per heavy atom. The van der Waals surface area contributed by atoms with Crippen molar-refractivity contribution in [1.82, 2.24) is 5.32 Å². The fourth-order valence-corrected chi connectivity index (χ4v) is 2.23. The van der Waals surface area contributed by atoms with E-state index in [9.17, 15) is 5.11 Å². The summed E-state index contributed by atoms with van der Waals surface area (Å²) in [6.07, 6.45) is 2.19. The maximum absolute atomic E-state index is 9.72. The van der Waals surface area contributed by atoms with Crippen LogP contribution in [0, 0.1) is 5.92 Å². The zero-order chi connectivity index (χ0) is 10.7. The van der Waals surface area contributed by atoms with Crippen LogP contribution in [0.1, 0.15) is 24.4 Å². The molecule has 15 heavy (non-hydrogen) atoms. The predicted octanol–water partition coefficient (Wildman–Crippen LogP) is 1.39. The molecule has 1 aromatic rings. The minimum Gasteiger partial charge on any atom is -0.508 e. The van der Waals surface area contributed by atoms with Crippen LogP contribution in [-0.2, 0) is 0 Å². The Hall–Kier alpha value is -1.06. The summed E-state index contributed by atoms with van der Waals surface area (Å²) in [5, 5.41) is 13.0. The number of aromatic hydroxyl groups is 1. The number of piperidine rings is 1. The average molecular weight is 206 g/mol. The quantitative estimate of drug-likeness (QED) is 0.685. The second-order valence-corrected chi connectivity index (χ2v) is 4.17. The van der Waals surface area contributed by atoms with Gasteiger partial charge in [0.2, 0.25) is 0 Å². The van der Waals surface area contributed by atoms with Gasteiger partial charge >= 0.3 is 0 Å². The molecule has 0 radical (unpaired) electrons. The Bertz CT molecular complexity index is 321. The van der Waals surface area contributed by atoms with E-state index in [1.807, 2.05) is 18.2 Å². The lowest BCUT2D eigenvalue weighted by molar-refractivity contribution is 0.316. The number of benzene rings is 1. The Kier molecular flexibility index (Phi) is 3.23. The average Bonchev–Trinajstić information content (AvgIpc) is 2.30. The minimum atomic E-state index is -0.0340. The number of phenols is 1. The number of nitrogens with two attached hydrogens (primary N) is 1. The fraction of sp³-hybridized carbons (Fsp3) is 0.500. The van der Waals surface area contributed by atoms with Crippen LogP contribution in [-0.4, -0.2) is 18.2 Å². The third kappa shape index (κ3) is 2.30. The van der Waals surface area contributed by atoms with Crippen molar-refractivity contribution in [3.8, 4) is 5.75 Å². The first-order valence-corrected chi connectivity index (χ1v) is 5.53. The van der Waals surface area contributed by atoms with E-state index in [0.717, 1.165) is 31.5 Å². The predicted molar refractivity (Wildman–Crippen MR) is 60.6 cm³/mol. The van der Waals surface area contributed by atoms with Crippen molar-refractivity contribution < 1.29 is 5.11 Å². The Balaban J connectivity index is 2.12. The number of nitrogens with one attached hydrogen (secondary N) is 1. The van der Waals surface area contributed by atoms with Crippen LogP contribution in [0.5, 0.6) is 5.75 Å². The number of hydrogen-bond donors (Lipinski definition) is 3. The molecular formula is C12H18N2O. The van der Waals surface area contributed by atoms with Crippen molar-refractivity contribution in [3.05, 3.63) is 29.8 Å². The van der Waals surface area contributed by atoms with Gasteiger partial charge in [0.1, 0.15) is 5.75 Å². The molecule has 4 N–H and O–H groups in total. The molecule has 1 fully saturated rings. The third-order valence-corrected chi connectivity index (χ3v) is 3.19. The summed E-state index contributed by atoms with van der Waals surface area (Å²) in [5.41, 5.74) is 7.06. The molecule has 1 aliphatic rings. The van der Waals surface area contributed by atoms with Crippen molar-refractivity contribution in [2.24, 2.45) is 11.7 Å². The first-order valence-electron chi connectivity index (χ1n) is 5.53. The zero-order valence-electron chi connectivity index (χ0n) is 8.82. The van der Waals surface area contributed by atoms with Gasteiger partial charge in [-0.1, -0.05) is 18.2 Å². The molecule has 0 aromatic heterocycles. The van der Waals surface area contributed by atoms with Crippen LogP contribution < -0.4 is 11.1 Å². The molecule has 1 atom stereocenters. The van der Waals surface area contributed by atoms with Gasteiger partial charge in [-0.15, -0.1) is 0 Å². The lowest BCUT2D eigenvalue weighted by atomic mass is 9.86. The van der Waals surface area contributed by atoms with Gasteiger partial charge in [0, 0.05) is 11.6 Å². The second kappa shape index (κ2) is 4.64. The second-order valence-electron chi connectivity index (χ2n) is 4.17. The topological polar surface area (TPSA) is 58.3 Å². The van der Waals surface area contributed by atoms with Crippen LogP contribution in [0.15, 0.2) is 24.3 Å². The van der Waals surface area contributed by atoms with Gasteiger partial charge in [0.05, 0.1) is 0 Å². The fourth-order valence-electron chi connectivity index (χ4n) is 2.23. The molecular weight excluding hydrogens is 188 g/mol. The molecule has 0 amide bonds. The maximum atomic E-state index is 9.72. The number of hydrogen-bond acceptors (Lipinski definition) is 3. The highest BCUT2D eigenvalue weighted by Crippen LogP contribution is 2.31. The van der Waals surface area contributed by atoms with Crippen molar-refractivity contribution in [1.29, 1.82) is 0 Å². The van der Waals surface area contributed by atoms with Crippen molar-refractivity contribution in [2.75, 3.05) is 13.1 Å². The van der Waals surface area contributed by atoms with Crippen LogP contribution in [0.3, 0.4) is 0 Å². The summed E-state index contributed by atoms with van der Waals surface area (Å²) in [5.74, 6) is 0.808. The SMILES string of the molecule is N[C@@H](c1ccccc1O)C1CCNCC1. The largest absolute Gasteiger partial charge is 0.508 e. The van der Waals surface area contributed by atoms with Crippen LogP contribution in [0.25, 0.3) is 0 Å². The van der Waals surface area contributed by atoms with Gasteiger partial charge in [-0.05, 0) is 37.9 Å². The summed E-state index contributed by atoms with van der Waals surface area (Å²) < 4.78 is 0. The Morgan fingerprint density at radius 1 is 1.27 bits per heavy atom. The van der Waals surface area contributed by atoms with E-state index in [1.165, 1.54) is 0 Å². The minimum absolute atomic E-state index is 0.0340. The molecule has 3 nitrogen and oxygen atoms in total. The van der Waals surface area contributed by atoms with Gasteiger partial charge in [-0.3, -0.25) is 0 Å².